The highest BCUT2D eigenvalue weighted by atomic mass is 16.5. The van der Waals surface area contributed by atoms with Crippen LogP contribution in [0.2, 0.25) is 0 Å². The van der Waals surface area contributed by atoms with E-state index in [0.717, 1.165) is 34.1 Å². The van der Waals surface area contributed by atoms with Crippen molar-refractivity contribution in [1.29, 1.82) is 10.5 Å². The molecule has 26 heavy (non-hydrogen) atoms. The minimum atomic E-state index is 0.500. The molecular formula is C23H18N2O. The molecular weight excluding hydrogens is 320 g/mol. The Hall–Kier alpha value is -3.56. The largest absolute Gasteiger partial charge is 0.493 e. The number of rotatable bonds is 5. The first kappa shape index (κ1) is 17.3. The van der Waals surface area contributed by atoms with E-state index >= 15 is 0 Å². The predicted molar refractivity (Wildman–Crippen MR) is 104 cm³/mol. The summed E-state index contributed by atoms with van der Waals surface area (Å²) in [7, 11) is 0. The number of ether oxygens (including phenoxy) is 1. The third-order valence-corrected chi connectivity index (χ3v) is 4.10. The third-order valence-electron chi connectivity index (χ3n) is 4.10. The van der Waals surface area contributed by atoms with E-state index < -0.39 is 0 Å². The molecule has 0 saturated heterocycles. The number of hydrogen-bond acceptors (Lipinski definition) is 3. The zero-order valence-electron chi connectivity index (χ0n) is 14.6. The lowest BCUT2D eigenvalue weighted by atomic mass is 9.98. The van der Waals surface area contributed by atoms with Gasteiger partial charge in [0.15, 0.2) is 0 Å². The van der Waals surface area contributed by atoms with Crippen molar-refractivity contribution < 1.29 is 4.74 Å². The van der Waals surface area contributed by atoms with Gasteiger partial charge in [-0.15, -0.1) is 0 Å². The van der Waals surface area contributed by atoms with Crippen molar-refractivity contribution in [2.75, 3.05) is 6.61 Å². The van der Waals surface area contributed by atoms with Gasteiger partial charge in [0.25, 0.3) is 0 Å². The number of nitriles is 2. The Morgan fingerprint density at radius 1 is 1.04 bits per heavy atom. The molecule has 3 nitrogen and oxygen atoms in total. The Kier molecular flexibility index (Phi) is 5.32. The molecule has 0 aromatic heterocycles. The maximum atomic E-state index is 9.70. The van der Waals surface area contributed by atoms with Gasteiger partial charge in [-0.1, -0.05) is 49.4 Å². The summed E-state index contributed by atoms with van der Waals surface area (Å²) in [5.74, 6) is 0.759. The van der Waals surface area contributed by atoms with Crippen molar-refractivity contribution in [3.8, 4) is 17.9 Å². The second kappa shape index (κ2) is 8.01. The van der Waals surface area contributed by atoms with E-state index in [-0.39, 0.29) is 0 Å². The van der Waals surface area contributed by atoms with Crippen LogP contribution in [0.25, 0.3) is 22.4 Å². The zero-order valence-corrected chi connectivity index (χ0v) is 14.6. The van der Waals surface area contributed by atoms with Crippen molar-refractivity contribution in [2.45, 2.75) is 13.3 Å². The lowest BCUT2D eigenvalue weighted by Crippen LogP contribution is -1.98. The van der Waals surface area contributed by atoms with Gasteiger partial charge in [-0.05, 0) is 47.0 Å². The molecule has 0 radical (unpaired) electrons. The van der Waals surface area contributed by atoms with Crippen molar-refractivity contribution in [3.63, 3.8) is 0 Å². The Morgan fingerprint density at radius 2 is 1.88 bits per heavy atom. The molecule has 0 aliphatic carbocycles. The van der Waals surface area contributed by atoms with Crippen LogP contribution in [-0.2, 0) is 0 Å². The highest BCUT2D eigenvalue weighted by molar-refractivity contribution is 6.00. The number of fused-ring (bicyclic) bond motifs is 1. The second-order valence-electron chi connectivity index (χ2n) is 5.91. The first-order chi connectivity index (χ1) is 12.8. The van der Waals surface area contributed by atoms with E-state index in [0.29, 0.717) is 17.7 Å². The quantitative estimate of drug-likeness (QED) is 0.452. The minimum Gasteiger partial charge on any atom is -0.493 e. The Bertz CT molecular complexity index is 1050. The first-order valence-electron chi connectivity index (χ1n) is 8.53. The van der Waals surface area contributed by atoms with Crippen LogP contribution in [-0.4, -0.2) is 6.61 Å². The molecule has 3 rings (SSSR count). The van der Waals surface area contributed by atoms with Crippen molar-refractivity contribution in [2.24, 2.45) is 0 Å². The molecule has 3 aromatic rings. The van der Waals surface area contributed by atoms with Crippen LogP contribution in [0.15, 0.2) is 60.7 Å². The zero-order chi connectivity index (χ0) is 18.4. The molecule has 0 aliphatic heterocycles. The average molecular weight is 338 g/mol. The Balaban J connectivity index is 2.19. The van der Waals surface area contributed by atoms with Crippen LogP contribution in [0.5, 0.6) is 5.75 Å². The Labute approximate surface area is 153 Å². The molecule has 0 amide bonds. The van der Waals surface area contributed by atoms with Gasteiger partial charge in [-0.25, -0.2) is 0 Å². The lowest BCUT2D eigenvalue weighted by Gasteiger charge is -2.12. The van der Waals surface area contributed by atoms with Gasteiger partial charge < -0.3 is 4.74 Å². The van der Waals surface area contributed by atoms with Crippen LogP contribution in [0, 0.1) is 22.7 Å². The highest BCUT2D eigenvalue weighted by Gasteiger charge is 2.10. The monoisotopic (exact) mass is 338 g/mol. The van der Waals surface area contributed by atoms with E-state index in [9.17, 15) is 5.26 Å². The lowest BCUT2D eigenvalue weighted by molar-refractivity contribution is 0.317. The van der Waals surface area contributed by atoms with Crippen molar-refractivity contribution in [1.82, 2.24) is 0 Å². The van der Waals surface area contributed by atoms with Gasteiger partial charge >= 0.3 is 0 Å². The van der Waals surface area contributed by atoms with Gasteiger partial charge in [0.2, 0.25) is 0 Å². The molecule has 0 saturated carbocycles. The number of hydrogen-bond donors (Lipinski definition) is 0. The van der Waals surface area contributed by atoms with Gasteiger partial charge in [0.05, 0.1) is 29.9 Å². The number of nitrogens with zero attached hydrogens (tertiary/aromatic N) is 2. The minimum absolute atomic E-state index is 0.500. The molecule has 0 heterocycles. The van der Waals surface area contributed by atoms with E-state index in [1.54, 1.807) is 18.2 Å². The molecule has 0 aliphatic rings. The molecule has 126 valence electrons. The summed E-state index contributed by atoms with van der Waals surface area (Å²) >= 11 is 0. The van der Waals surface area contributed by atoms with Crippen LogP contribution in [0.4, 0.5) is 0 Å². The van der Waals surface area contributed by atoms with E-state index in [1.807, 2.05) is 48.5 Å². The van der Waals surface area contributed by atoms with Gasteiger partial charge in [0, 0.05) is 5.56 Å². The summed E-state index contributed by atoms with van der Waals surface area (Å²) in [5.41, 5.74) is 2.64. The standard InChI is InChI=1S/C23H18N2O/c1-2-12-26-23-11-10-18-7-3-4-9-21(18)22(23)14-20(16-25)19-8-5-6-17(13-19)15-24/h3-11,13-14H,2,12H2,1H3. The molecule has 0 bridgehead atoms. The molecule has 0 unspecified atom stereocenters. The molecule has 0 fully saturated rings. The van der Waals surface area contributed by atoms with Crippen LogP contribution in [0.3, 0.4) is 0 Å². The predicted octanol–water partition coefficient (Wildman–Crippen LogP) is 5.56. The van der Waals surface area contributed by atoms with Crippen LogP contribution < -0.4 is 4.74 Å². The molecule has 0 atom stereocenters. The molecule has 3 heteroatoms. The summed E-state index contributed by atoms with van der Waals surface area (Å²) in [6, 6.07) is 23.5. The fraction of sp³-hybridized carbons (Fsp3) is 0.130. The van der Waals surface area contributed by atoms with E-state index in [2.05, 4.69) is 19.1 Å². The fourth-order valence-electron chi connectivity index (χ4n) is 2.84. The van der Waals surface area contributed by atoms with Crippen molar-refractivity contribution >= 4 is 22.4 Å². The van der Waals surface area contributed by atoms with Gasteiger partial charge in [-0.2, -0.15) is 10.5 Å². The fourth-order valence-corrected chi connectivity index (χ4v) is 2.84. The number of allylic oxidation sites excluding steroid dienone is 1. The van der Waals surface area contributed by atoms with Crippen LogP contribution >= 0.6 is 0 Å². The van der Waals surface area contributed by atoms with Crippen LogP contribution in [0.1, 0.15) is 30.0 Å². The summed E-state index contributed by atoms with van der Waals surface area (Å²) < 4.78 is 5.91. The maximum Gasteiger partial charge on any atom is 0.127 e. The first-order valence-corrected chi connectivity index (χ1v) is 8.53. The smallest absolute Gasteiger partial charge is 0.127 e. The van der Waals surface area contributed by atoms with Crippen molar-refractivity contribution in [3.05, 3.63) is 77.4 Å². The summed E-state index contributed by atoms with van der Waals surface area (Å²) in [6.07, 6.45) is 2.76. The summed E-state index contributed by atoms with van der Waals surface area (Å²) in [5, 5.41) is 20.9. The average Bonchev–Trinajstić information content (AvgIpc) is 2.70. The highest BCUT2D eigenvalue weighted by Crippen LogP contribution is 2.32. The van der Waals surface area contributed by atoms with E-state index in [4.69, 9.17) is 10.00 Å². The van der Waals surface area contributed by atoms with E-state index in [1.165, 1.54) is 0 Å². The third kappa shape index (κ3) is 3.58. The summed E-state index contributed by atoms with van der Waals surface area (Å²) in [4.78, 5) is 0. The normalized spacial score (nSPS) is 11.0. The Morgan fingerprint density at radius 3 is 2.65 bits per heavy atom. The maximum absolute atomic E-state index is 9.70. The second-order valence-corrected chi connectivity index (χ2v) is 5.91. The molecule has 0 spiro atoms. The number of benzene rings is 3. The molecule has 3 aromatic carbocycles. The summed E-state index contributed by atoms with van der Waals surface area (Å²) in [6.45, 7) is 2.68. The topological polar surface area (TPSA) is 56.8 Å². The van der Waals surface area contributed by atoms with Gasteiger partial charge in [-0.3, -0.25) is 0 Å². The van der Waals surface area contributed by atoms with Gasteiger partial charge in [0.1, 0.15) is 5.75 Å². The SMILES string of the molecule is CCCOc1ccc2ccccc2c1C=C(C#N)c1cccc(C#N)c1. The molecule has 0 N–H and O–H groups in total.